The molecule has 0 unspecified atom stereocenters. The number of ether oxygens (including phenoxy) is 1. The Balaban J connectivity index is 1.65. The maximum Gasteiger partial charge on any atom is 0.312 e. The smallest absolute Gasteiger partial charge is 0.312 e. The summed E-state index contributed by atoms with van der Waals surface area (Å²) >= 11 is 0. The lowest BCUT2D eigenvalue weighted by atomic mass is 9.85. The van der Waals surface area contributed by atoms with Crippen LogP contribution in [0.2, 0.25) is 0 Å². The van der Waals surface area contributed by atoms with Crippen LogP contribution in [0, 0.1) is 0 Å². The summed E-state index contributed by atoms with van der Waals surface area (Å²) in [4.78, 5) is 11.3. The number of nitrogens with one attached hydrogen (secondary N) is 1. The Morgan fingerprint density at radius 3 is 2.61 bits per heavy atom. The molecule has 2 atom stereocenters. The molecule has 4 rings (SSSR count). The summed E-state index contributed by atoms with van der Waals surface area (Å²) < 4.78 is 8.35. The van der Waals surface area contributed by atoms with Crippen LogP contribution in [0.15, 0.2) is 42.6 Å². The van der Waals surface area contributed by atoms with E-state index in [-0.39, 0.29) is 17.6 Å². The summed E-state index contributed by atoms with van der Waals surface area (Å²) in [7, 11) is 0. The van der Waals surface area contributed by atoms with E-state index in [9.17, 15) is 4.79 Å². The van der Waals surface area contributed by atoms with Crippen molar-refractivity contribution in [3.05, 3.63) is 59.5 Å². The average Bonchev–Trinajstić information content (AvgIpc) is 3.07. The van der Waals surface area contributed by atoms with Crippen molar-refractivity contribution < 1.29 is 9.53 Å². The molecule has 0 saturated carbocycles. The van der Waals surface area contributed by atoms with Crippen LogP contribution in [0.3, 0.4) is 0 Å². The molecular weight excluding hydrogens is 354 g/mol. The van der Waals surface area contributed by atoms with Gasteiger partial charge in [0.15, 0.2) is 5.65 Å². The van der Waals surface area contributed by atoms with Gasteiger partial charge in [-0.3, -0.25) is 4.40 Å². The number of primary amides is 1. The van der Waals surface area contributed by atoms with Crippen LogP contribution in [0.1, 0.15) is 62.7 Å². The molecule has 7 nitrogen and oxygen atoms in total. The minimum atomic E-state index is -0.507. The Kier molecular flexibility index (Phi) is 4.45. The fraction of sp³-hybridized carbons (Fsp3) is 0.381. The van der Waals surface area contributed by atoms with E-state index in [1.165, 1.54) is 0 Å². The van der Waals surface area contributed by atoms with Crippen LogP contribution in [0.25, 0.3) is 5.65 Å². The van der Waals surface area contributed by atoms with E-state index < -0.39 is 6.03 Å². The summed E-state index contributed by atoms with van der Waals surface area (Å²) in [5, 5.41) is 11.4. The van der Waals surface area contributed by atoms with Crippen molar-refractivity contribution in [1.82, 2.24) is 19.9 Å². The summed E-state index contributed by atoms with van der Waals surface area (Å²) in [5.74, 6) is 1.65. The van der Waals surface area contributed by atoms with E-state index in [1.807, 2.05) is 47.0 Å². The van der Waals surface area contributed by atoms with Crippen LogP contribution in [0.4, 0.5) is 4.79 Å². The quantitative estimate of drug-likeness (QED) is 0.726. The predicted molar refractivity (Wildman–Crippen MR) is 106 cm³/mol. The molecule has 0 bridgehead atoms. The van der Waals surface area contributed by atoms with Crippen molar-refractivity contribution in [3.8, 4) is 5.75 Å². The number of hydrogen-bond acceptors (Lipinski definition) is 4. The zero-order valence-corrected chi connectivity index (χ0v) is 16.3. The third-order valence-corrected chi connectivity index (χ3v) is 5.08. The molecule has 3 N–H and O–H groups in total. The number of rotatable bonds is 3. The van der Waals surface area contributed by atoms with E-state index in [2.05, 4.69) is 36.3 Å². The second kappa shape index (κ2) is 6.82. The number of amides is 2. The normalized spacial score (nSPS) is 19.2. The molecule has 2 amide bonds. The highest BCUT2D eigenvalue weighted by Crippen LogP contribution is 2.38. The van der Waals surface area contributed by atoms with E-state index in [4.69, 9.17) is 10.5 Å². The second-order valence-corrected chi connectivity index (χ2v) is 8.24. The number of benzene rings is 1. The molecule has 2 heterocycles. The van der Waals surface area contributed by atoms with Gasteiger partial charge in [0.2, 0.25) is 0 Å². The molecule has 7 heteroatoms. The van der Waals surface area contributed by atoms with Gasteiger partial charge in [-0.25, -0.2) is 4.79 Å². The highest BCUT2D eigenvalue weighted by Gasteiger charge is 2.29. The van der Waals surface area contributed by atoms with Gasteiger partial charge in [0.1, 0.15) is 17.7 Å². The Morgan fingerprint density at radius 2 is 1.89 bits per heavy atom. The Bertz CT molecular complexity index is 1020. The number of aromatic nitrogens is 3. The Hall–Kier alpha value is -3.09. The van der Waals surface area contributed by atoms with Gasteiger partial charge < -0.3 is 15.8 Å². The number of nitrogens with two attached hydrogens (primary N) is 1. The zero-order chi connectivity index (χ0) is 19.9. The van der Waals surface area contributed by atoms with Crippen LogP contribution in [-0.4, -0.2) is 20.6 Å². The molecular formula is C21H25N5O2. The van der Waals surface area contributed by atoms with Crippen LogP contribution in [-0.2, 0) is 5.41 Å². The van der Waals surface area contributed by atoms with Gasteiger partial charge in [0.25, 0.3) is 0 Å². The topological polar surface area (TPSA) is 94.5 Å². The number of pyridine rings is 1. The van der Waals surface area contributed by atoms with Gasteiger partial charge in [-0.15, -0.1) is 10.2 Å². The molecule has 0 saturated heterocycles. The van der Waals surface area contributed by atoms with E-state index in [0.717, 1.165) is 41.2 Å². The SMILES string of the molecule is CC(C)(C)c1nnc2ccc(O[C@@H]3CC[C@H](NC(N)=O)c4ccccc43)cn12. The standard InChI is InChI=1S/C21H25N5O2/c1-21(2,3)19-25-24-18-11-8-13(12-26(18)19)28-17-10-9-16(23-20(22)27)14-6-4-5-7-15(14)17/h4-8,11-12,16-17H,9-10H2,1-3H3,(H3,22,23,27)/t16-,17+/m0/s1. The lowest BCUT2D eigenvalue weighted by Crippen LogP contribution is -2.36. The van der Waals surface area contributed by atoms with Gasteiger partial charge >= 0.3 is 6.03 Å². The summed E-state index contributed by atoms with van der Waals surface area (Å²) in [5.41, 5.74) is 8.14. The van der Waals surface area contributed by atoms with Crippen LogP contribution >= 0.6 is 0 Å². The molecule has 1 aromatic carbocycles. The molecule has 1 aliphatic carbocycles. The highest BCUT2D eigenvalue weighted by atomic mass is 16.5. The molecule has 1 aliphatic rings. The zero-order valence-electron chi connectivity index (χ0n) is 16.3. The van der Waals surface area contributed by atoms with Gasteiger partial charge in [-0.2, -0.15) is 0 Å². The van der Waals surface area contributed by atoms with E-state index >= 15 is 0 Å². The molecule has 28 heavy (non-hydrogen) atoms. The molecule has 146 valence electrons. The lowest BCUT2D eigenvalue weighted by molar-refractivity contribution is 0.171. The molecule has 0 spiro atoms. The first-order valence-corrected chi connectivity index (χ1v) is 9.49. The first-order chi connectivity index (χ1) is 13.3. The van der Waals surface area contributed by atoms with Crippen molar-refractivity contribution in [3.63, 3.8) is 0 Å². The predicted octanol–water partition coefficient (Wildman–Crippen LogP) is 3.65. The lowest BCUT2D eigenvalue weighted by Gasteiger charge is -2.32. The highest BCUT2D eigenvalue weighted by molar-refractivity contribution is 5.72. The maximum atomic E-state index is 11.3. The molecule has 0 radical (unpaired) electrons. The van der Waals surface area contributed by atoms with Gasteiger partial charge in [0, 0.05) is 5.41 Å². The van der Waals surface area contributed by atoms with Crippen LogP contribution in [0.5, 0.6) is 5.75 Å². The fourth-order valence-electron chi connectivity index (χ4n) is 3.81. The summed E-state index contributed by atoms with van der Waals surface area (Å²) in [6.45, 7) is 6.33. The Morgan fingerprint density at radius 1 is 1.14 bits per heavy atom. The molecule has 3 aromatic rings. The van der Waals surface area contributed by atoms with Crippen molar-refractivity contribution >= 4 is 11.7 Å². The van der Waals surface area contributed by atoms with E-state index in [0.29, 0.717) is 0 Å². The largest absolute Gasteiger partial charge is 0.484 e. The molecule has 2 aromatic heterocycles. The molecule has 0 fully saturated rings. The first-order valence-electron chi connectivity index (χ1n) is 9.49. The number of fused-ring (bicyclic) bond motifs is 2. The summed E-state index contributed by atoms with van der Waals surface area (Å²) in [6, 6.07) is 11.3. The van der Waals surface area contributed by atoms with Crippen molar-refractivity contribution in [1.29, 1.82) is 0 Å². The number of nitrogens with zero attached hydrogens (tertiary/aromatic N) is 3. The third-order valence-electron chi connectivity index (χ3n) is 5.08. The average molecular weight is 379 g/mol. The number of carbonyl (C=O) groups excluding carboxylic acids is 1. The van der Waals surface area contributed by atoms with Crippen molar-refractivity contribution in [2.45, 2.75) is 51.2 Å². The van der Waals surface area contributed by atoms with E-state index in [1.54, 1.807) is 0 Å². The van der Waals surface area contributed by atoms with Gasteiger partial charge in [-0.05, 0) is 36.1 Å². The third kappa shape index (κ3) is 3.40. The number of hydrogen-bond donors (Lipinski definition) is 2. The van der Waals surface area contributed by atoms with Crippen molar-refractivity contribution in [2.75, 3.05) is 0 Å². The number of carbonyl (C=O) groups is 1. The van der Waals surface area contributed by atoms with Gasteiger partial charge in [-0.1, -0.05) is 45.0 Å². The van der Waals surface area contributed by atoms with Crippen LogP contribution < -0.4 is 15.8 Å². The van der Waals surface area contributed by atoms with Crippen molar-refractivity contribution in [2.24, 2.45) is 5.73 Å². The Labute approximate surface area is 163 Å². The second-order valence-electron chi connectivity index (χ2n) is 8.24. The number of urea groups is 1. The minimum absolute atomic E-state index is 0.0821. The molecule has 0 aliphatic heterocycles. The first kappa shape index (κ1) is 18.3. The maximum absolute atomic E-state index is 11.3. The minimum Gasteiger partial charge on any atom is -0.484 e. The summed E-state index contributed by atoms with van der Waals surface area (Å²) in [6.07, 6.45) is 3.42. The monoisotopic (exact) mass is 379 g/mol. The fourth-order valence-corrected chi connectivity index (χ4v) is 3.81. The van der Waals surface area contributed by atoms with Gasteiger partial charge in [0.05, 0.1) is 12.2 Å².